The van der Waals surface area contributed by atoms with Gasteiger partial charge in [-0.2, -0.15) is 5.10 Å². The lowest BCUT2D eigenvalue weighted by Crippen LogP contribution is -2.40. The molecule has 0 aliphatic carbocycles. The number of hydrogen-bond donors (Lipinski definition) is 1. The van der Waals surface area contributed by atoms with Crippen molar-refractivity contribution in [2.45, 2.75) is 38.6 Å². The van der Waals surface area contributed by atoms with Crippen LogP contribution in [0.25, 0.3) is 0 Å². The molecule has 1 aromatic heterocycles. The van der Waals surface area contributed by atoms with Crippen LogP contribution in [0.15, 0.2) is 0 Å². The Morgan fingerprint density at radius 1 is 1.42 bits per heavy atom. The SMILES string of the molecule is CC(C)c1nn(C)c(N2CCC(N)CC2)c1[N+](=O)[O-]. The molecule has 0 aromatic carbocycles. The molecule has 7 heteroatoms. The molecule has 1 saturated heterocycles. The Kier molecular flexibility index (Phi) is 3.75. The lowest BCUT2D eigenvalue weighted by Gasteiger charge is -2.30. The fraction of sp³-hybridized carbons (Fsp3) is 0.750. The molecule has 106 valence electrons. The van der Waals surface area contributed by atoms with Crippen LogP contribution >= 0.6 is 0 Å². The molecule has 7 nitrogen and oxygen atoms in total. The summed E-state index contributed by atoms with van der Waals surface area (Å²) in [6.45, 7) is 5.34. The third kappa shape index (κ3) is 2.56. The van der Waals surface area contributed by atoms with E-state index in [1.807, 2.05) is 18.7 Å². The van der Waals surface area contributed by atoms with Crippen molar-refractivity contribution in [3.05, 3.63) is 15.8 Å². The number of aromatic nitrogens is 2. The third-order valence-corrected chi connectivity index (χ3v) is 3.59. The summed E-state index contributed by atoms with van der Waals surface area (Å²) >= 11 is 0. The van der Waals surface area contributed by atoms with Crippen LogP contribution in [0, 0.1) is 10.1 Å². The molecule has 19 heavy (non-hydrogen) atoms. The van der Waals surface area contributed by atoms with E-state index in [2.05, 4.69) is 5.10 Å². The second-order valence-corrected chi connectivity index (χ2v) is 5.42. The van der Waals surface area contributed by atoms with Gasteiger partial charge in [0.2, 0.25) is 5.82 Å². The first-order chi connectivity index (χ1) is 8.91. The van der Waals surface area contributed by atoms with Crippen molar-refractivity contribution >= 4 is 11.5 Å². The number of nitrogens with two attached hydrogens (primary N) is 1. The molecule has 0 bridgehead atoms. The normalized spacial score (nSPS) is 17.2. The number of hydrogen-bond acceptors (Lipinski definition) is 5. The van der Waals surface area contributed by atoms with Gasteiger partial charge in [0.05, 0.1) is 4.92 Å². The van der Waals surface area contributed by atoms with Crippen molar-refractivity contribution < 1.29 is 4.92 Å². The number of anilines is 1. The summed E-state index contributed by atoms with van der Waals surface area (Å²) in [7, 11) is 1.77. The van der Waals surface area contributed by atoms with Crippen LogP contribution in [0.4, 0.5) is 11.5 Å². The van der Waals surface area contributed by atoms with Crippen LogP contribution in [0.1, 0.15) is 38.3 Å². The van der Waals surface area contributed by atoms with Crippen molar-refractivity contribution in [2.24, 2.45) is 12.8 Å². The highest BCUT2D eigenvalue weighted by molar-refractivity contribution is 5.62. The summed E-state index contributed by atoms with van der Waals surface area (Å²) < 4.78 is 1.63. The molecule has 2 N–H and O–H groups in total. The van der Waals surface area contributed by atoms with Gasteiger partial charge in [-0.1, -0.05) is 13.8 Å². The standard InChI is InChI=1S/C12H21N5O2/c1-8(2)10-11(17(18)19)12(15(3)14-10)16-6-4-9(13)5-7-16/h8-9H,4-7,13H2,1-3H3. The van der Waals surface area contributed by atoms with E-state index in [1.165, 1.54) is 0 Å². The number of aryl methyl sites for hydroxylation is 1. The zero-order valence-corrected chi connectivity index (χ0v) is 11.7. The minimum absolute atomic E-state index is 0.0346. The highest BCUT2D eigenvalue weighted by atomic mass is 16.6. The first kappa shape index (κ1) is 13.8. The molecule has 1 aliphatic rings. The van der Waals surface area contributed by atoms with E-state index in [9.17, 15) is 10.1 Å². The van der Waals surface area contributed by atoms with E-state index < -0.39 is 0 Å². The number of nitro groups is 1. The van der Waals surface area contributed by atoms with Gasteiger partial charge in [-0.3, -0.25) is 10.1 Å². The fourth-order valence-electron chi connectivity index (χ4n) is 2.55. The molecule has 1 aromatic rings. The monoisotopic (exact) mass is 267 g/mol. The molecule has 1 fully saturated rings. The maximum atomic E-state index is 11.4. The number of rotatable bonds is 3. The first-order valence-corrected chi connectivity index (χ1v) is 6.63. The number of piperidine rings is 1. The molecule has 1 aliphatic heterocycles. The second kappa shape index (κ2) is 5.16. The summed E-state index contributed by atoms with van der Waals surface area (Å²) in [5.41, 5.74) is 6.58. The Hall–Kier alpha value is -1.63. The summed E-state index contributed by atoms with van der Waals surface area (Å²) in [5, 5.41) is 15.7. The molecule has 0 amide bonds. The lowest BCUT2D eigenvalue weighted by atomic mass is 10.1. The van der Waals surface area contributed by atoms with E-state index in [0.717, 1.165) is 25.9 Å². The quantitative estimate of drug-likeness (QED) is 0.660. The molecule has 0 radical (unpaired) electrons. The molecular formula is C12H21N5O2. The van der Waals surface area contributed by atoms with E-state index in [1.54, 1.807) is 11.7 Å². The molecule has 2 heterocycles. The van der Waals surface area contributed by atoms with Crippen molar-refractivity contribution in [1.29, 1.82) is 0 Å². The van der Waals surface area contributed by atoms with Gasteiger partial charge in [-0.15, -0.1) is 0 Å². The van der Waals surface area contributed by atoms with Gasteiger partial charge in [0, 0.05) is 32.1 Å². The van der Waals surface area contributed by atoms with Crippen LogP contribution in [-0.2, 0) is 7.05 Å². The minimum atomic E-state index is -0.313. The molecule has 0 spiro atoms. The maximum Gasteiger partial charge on any atom is 0.334 e. The van der Waals surface area contributed by atoms with E-state index in [0.29, 0.717) is 11.5 Å². The van der Waals surface area contributed by atoms with Crippen LogP contribution < -0.4 is 10.6 Å². The van der Waals surface area contributed by atoms with Crippen LogP contribution in [-0.4, -0.2) is 33.8 Å². The predicted octanol–water partition coefficient (Wildman–Crippen LogP) is 1.38. The van der Waals surface area contributed by atoms with Crippen molar-refractivity contribution in [2.75, 3.05) is 18.0 Å². The topological polar surface area (TPSA) is 90.2 Å². The Labute approximate surface area is 112 Å². The van der Waals surface area contributed by atoms with Gasteiger partial charge >= 0.3 is 5.69 Å². The largest absolute Gasteiger partial charge is 0.351 e. The average molecular weight is 267 g/mol. The number of nitrogens with zero attached hydrogens (tertiary/aromatic N) is 4. The molecule has 0 atom stereocenters. The van der Waals surface area contributed by atoms with Crippen LogP contribution in [0.3, 0.4) is 0 Å². The van der Waals surface area contributed by atoms with Gasteiger partial charge in [0.15, 0.2) is 0 Å². The Morgan fingerprint density at radius 2 is 2.00 bits per heavy atom. The van der Waals surface area contributed by atoms with Crippen molar-refractivity contribution in [3.63, 3.8) is 0 Å². The summed E-state index contributed by atoms with van der Waals surface area (Å²) in [4.78, 5) is 13.1. The first-order valence-electron chi connectivity index (χ1n) is 6.63. The Bertz CT molecular complexity index is 475. The zero-order valence-electron chi connectivity index (χ0n) is 11.7. The van der Waals surface area contributed by atoms with Gasteiger partial charge in [-0.25, -0.2) is 4.68 Å². The van der Waals surface area contributed by atoms with Crippen molar-refractivity contribution in [1.82, 2.24) is 9.78 Å². The molecular weight excluding hydrogens is 246 g/mol. The van der Waals surface area contributed by atoms with Gasteiger partial charge in [0.1, 0.15) is 5.69 Å². The highest BCUT2D eigenvalue weighted by Gasteiger charge is 2.32. The third-order valence-electron chi connectivity index (χ3n) is 3.59. The average Bonchev–Trinajstić information content (AvgIpc) is 2.68. The smallest absolute Gasteiger partial charge is 0.334 e. The van der Waals surface area contributed by atoms with Crippen LogP contribution in [0.5, 0.6) is 0 Å². The van der Waals surface area contributed by atoms with E-state index >= 15 is 0 Å². The lowest BCUT2D eigenvalue weighted by molar-refractivity contribution is -0.385. The summed E-state index contributed by atoms with van der Waals surface area (Å²) in [6, 6.07) is 0.202. The zero-order chi connectivity index (χ0) is 14.2. The summed E-state index contributed by atoms with van der Waals surface area (Å²) in [6.07, 6.45) is 1.72. The summed E-state index contributed by atoms with van der Waals surface area (Å²) in [5.74, 6) is 0.646. The van der Waals surface area contributed by atoms with Gasteiger partial charge in [0.25, 0.3) is 0 Å². The predicted molar refractivity (Wildman–Crippen MR) is 73.4 cm³/mol. The Balaban J connectivity index is 2.41. The van der Waals surface area contributed by atoms with E-state index in [-0.39, 0.29) is 22.6 Å². The Morgan fingerprint density at radius 3 is 2.47 bits per heavy atom. The second-order valence-electron chi connectivity index (χ2n) is 5.42. The maximum absolute atomic E-state index is 11.4. The minimum Gasteiger partial charge on any atom is -0.351 e. The van der Waals surface area contributed by atoms with Gasteiger partial charge in [-0.05, 0) is 12.8 Å². The molecule has 0 unspecified atom stereocenters. The van der Waals surface area contributed by atoms with Crippen LogP contribution in [0.2, 0.25) is 0 Å². The van der Waals surface area contributed by atoms with Gasteiger partial charge < -0.3 is 10.6 Å². The van der Waals surface area contributed by atoms with E-state index in [4.69, 9.17) is 5.73 Å². The molecule has 2 rings (SSSR count). The highest BCUT2D eigenvalue weighted by Crippen LogP contribution is 2.36. The van der Waals surface area contributed by atoms with Crippen molar-refractivity contribution in [3.8, 4) is 0 Å². The fourth-order valence-corrected chi connectivity index (χ4v) is 2.55. The molecule has 0 saturated carbocycles.